The summed E-state index contributed by atoms with van der Waals surface area (Å²) in [5.41, 5.74) is 6.39. The first-order valence-electron chi connectivity index (χ1n) is 7.35. The molecule has 1 aliphatic heterocycles. The Morgan fingerprint density at radius 1 is 1.10 bits per heavy atom. The minimum atomic E-state index is -0.0410. The average Bonchev–Trinajstić information content (AvgIpc) is 2.50. The zero-order valence-corrected chi connectivity index (χ0v) is 12.5. The zero-order valence-electron chi connectivity index (χ0n) is 12.5. The summed E-state index contributed by atoms with van der Waals surface area (Å²) in [7, 11) is 0. The van der Waals surface area contributed by atoms with E-state index in [0.717, 1.165) is 41.9 Å². The standard InChI is InChI=1S/C18H20N2O/c1-12-4-3-5-13(2)17(12)20-18(21)15-7-6-14-8-9-19-11-16(14)10-15/h3-7,10,19H,8-9,11H2,1-2H3,(H,20,21). The molecule has 0 bridgehead atoms. The van der Waals surface area contributed by atoms with Crippen LogP contribution >= 0.6 is 0 Å². The Morgan fingerprint density at radius 3 is 2.62 bits per heavy atom. The quantitative estimate of drug-likeness (QED) is 0.887. The summed E-state index contributed by atoms with van der Waals surface area (Å²) in [6.07, 6.45) is 1.04. The molecule has 1 amide bonds. The monoisotopic (exact) mass is 280 g/mol. The van der Waals surface area contributed by atoms with Crippen molar-refractivity contribution in [2.45, 2.75) is 26.8 Å². The van der Waals surface area contributed by atoms with E-state index in [4.69, 9.17) is 0 Å². The second kappa shape index (κ2) is 5.70. The first-order valence-corrected chi connectivity index (χ1v) is 7.35. The van der Waals surface area contributed by atoms with E-state index in [9.17, 15) is 4.79 Å². The molecular formula is C18H20N2O. The highest BCUT2D eigenvalue weighted by Gasteiger charge is 2.13. The van der Waals surface area contributed by atoms with Gasteiger partial charge in [-0.25, -0.2) is 0 Å². The molecule has 2 N–H and O–H groups in total. The molecule has 0 radical (unpaired) electrons. The van der Waals surface area contributed by atoms with Crippen molar-refractivity contribution in [3.63, 3.8) is 0 Å². The SMILES string of the molecule is Cc1cccc(C)c1NC(=O)c1ccc2c(c1)CNCC2. The Kier molecular flexibility index (Phi) is 3.76. The molecule has 0 saturated carbocycles. The number of rotatable bonds is 2. The summed E-state index contributed by atoms with van der Waals surface area (Å²) in [5.74, 6) is -0.0410. The van der Waals surface area contributed by atoms with E-state index in [1.54, 1.807) is 0 Å². The van der Waals surface area contributed by atoms with Gasteiger partial charge in [-0.3, -0.25) is 4.79 Å². The molecular weight excluding hydrogens is 260 g/mol. The molecule has 0 aliphatic carbocycles. The fourth-order valence-electron chi connectivity index (χ4n) is 2.82. The maximum atomic E-state index is 12.5. The molecule has 0 fully saturated rings. The number of amides is 1. The third kappa shape index (κ3) is 2.83. The van der Waals surface area contributed by atoms with Gasteiger partial charge in [0.2, 0.25) is 0 Å². The lowest BCUT2D eigenvalue weighted by Gasteiger charge is -2.18. The van der Waals surface area contributed by atoms with Crippen molar-refractivity contribution < 1.29 is 4.79 Å². The number of anilines is 1. The molecule has 3 rings (SSSR count). The number of nitrogens with one attached hydrogen (secondary N) is 2. The van der Waals surface area contributed by atoms with Gasteiger partial charge in [0.25, 0.3) is 5.91 Å². The van der Waals surface area contributed by atoms with E-state index in [-0.39, 0.29) is 5.91 Å². The maximum absolute atomic E-state index is 12.5. The van der Waals surface area contributed by atoms with Crippen LogP contribution in [0.15, 0.2) is 36.4 Å². The molecule has 2 aromatic rings. The molecule has 0 spiro atoms. The van der Waals surface area contributed by atoms with Crippen molar-refractivity contribution in [2.24, 2.45) is 0 Å². The third-order valence-corrected chi connectivity index (χ3v) is 4.07. The van der Waals surface area contributed by atoms with Crippen LogP contribution in [0.3, 0.4) is 0 Å². The fourth-order valence-corrected chi connectivity index (χ4v) is 2.82. The average molecular weight is 280 g/mol. The molecule has 1 aliphatic rings. The van der Waals surface area contributed by atoms with Gasteiger partial charge in [-0.1, -0.05) is 24.3 Å². The number of hydrogen-bond acceptors (Lipinski definition) is 2. The van der Waals surface area contributed by atoms with Gasteiger partial charge in [0, 0.05) is 17.8 Å². The molecule has 2 aromatic carbocycles. The van der Waals surface area contributed by atoms with Crippen molar-refractivity contribution in [2.75, 3.05) is 11.9 Å². The van der Waals surface area contributed by atoms with Gasteiger partial charge in [0.15, 0.2) is 0 Å². The number of carbonyl (C=O) groups is 1. The van der Waals surface area contributed by atoms with Gasteiger partial charge in [-0.15, -0.1) is 0 Å². The lowest BCUT2D eigenvalue weighted by molar-refractivity contribution is 0.102. The van der Waals surface area contributed by atoms with Crippen LogP contribution in [0.1, 0.15) is 32.6 Å². The van der Waals surface area contributed by atoms with E-state index in [1.165, 1.54) is 11.1 Å². The van der Waals surface area contributed by atoms with Crippen LogP contribution in [-0.2, 0) is 13.0 Å². The van der Waals surface area contributed by atoms with E-state index in [0.29, 0.717) is 0 Å². The van der Waals surface area contributed by atoms with Gasteiger partial charge in [0.05, 0.1) is 0 Å². The molecule has 0 saturated heterocycles. The van der Waals surface area contributed by atoms with Crippen LogP contribution in [0.5, 0.6) is 0 Å². The van der Waals surface area contributed by atoms with Crippen LogP contribution in [0.2, 0.25) is 0 Å². The molecule has 1 heterocycles. The fraction of sp³-hybridized carbons (Fsp3) is 0.278. The molecule has 108 valence electrons. The van der Waals surface area contributed by atoms with Crippen molar-refractivity contribution in [1.29, 1.82) is 0 Å². The Balaban J connectivity index is 1.86. The van der Waals surface area contributed by atoms with E-state index < -0.39 is 0 Å². The summed E-state index contributed by atoms with van der Waals surface area (Å²) >= 11 is 0. The largest absolute Gasteiger partial charge is 0.322 e. The van der Waals surface area contributed by atoms with Gasteiger partial charge in [-0.2, -0.15) is 0 Å². The highest BCUT2D eigenvalue weighted by Crippen LogP contribution is 2.21. The van der Waals surface area contributed by atoms with Crippen LogP contribution < -0.4 is 10.6 Å². The van der Waals surface area contributed by atoms with Crippen molar-refractivity contribution >= 4 is 11.6 Å². The third-order valence-electron chi connectivity index (χ3n) is 4.07. The minimum absolute atomic E-state index is 0.0410. The minimum Gasteiger partial charge on any atom is -0.322 e. The number of benzene rings is 2. The predicted octanol–water partition coefficient (Wildman–Crippen LogP) is 3.20. The van der Waals surface area contributed by atoms with Gasteiger partial charge >= 0.3 is 0 Å². The zero-order chi connectivity index (χ0) is 14.8. The first-order chi connectivity index (χ1) is 10.1. The van der Waals surface area contributed by atoms with Crippen molar-refractivity contribution in [1.82, 2.24) is 5.32 Å². The Labute approximate surface area is 125 Å². The van der Waals surface area contributed by atoms with E-state index in [2.05, 4.69) is 16.7 Å². The van der Waals surface area contributed by atoms with Crippen molar-refractivity contribution in [3.05, 3.63) is 64.2 Å². The van der Waals surface area contributed by atoms with E-state index >= 15 is 0 Å². The summed E-state index contributed by atoms with van der Waals surface area (Å²) < 4.78 is 0. The van der Waals surface area contributed by atoms with Crippen molar-refractivity contribution in [3.8, 4) is 0 Å². The number of hydrogen-bond donors (Lipinski definition) is 2. The maximum Gasteiger partial charge on any atom is 0.255 e. The number of para-hydroxylation sites is 1. The lowest BCUT2D eigenvalue weighted by atomic mass is 9.98. The van der Waals surface area contributed by atoms with Crippen LogP contribution in [0.25, 0.3) is 0 Å². The number of carbonyl (C=O) groups excluding carboxylic acids is 1. The molecule has 3 heteroatoms. The first kappa shape index (κ1) is 13.8. The number of aryl methyl sites for hydroxylation is 2. The Morgan fingerprint density at radius 2 is 1.86 bits per heavy atom. The van der Waals surface area contributed by atoms with Crippen LogP contribution in [0, 0.1) is 13.8 Å². The summed E-state index contributed by atoms with van der Waals surface area (Å²) in [4.78, 5) is 12.5. The second-order valence-electron chi connectivity index (χ2n) is 5.63. The highest BCUT2D eigenvalue weighted by molar-refractivity contribution is 6.05. The Hall–Kier alpha value is -2.13. The highest BCUT2D eigenvalue weighted by atomic mass is 16.1. The molecule has 3 nitrogen and oxygen atoms in total. The van der Waals surface area contributed by atoms with Gasteiger partial charge in [-0.05, 0) is 61.2 Å². The molecule has 0 atom stereocenters. The second-order valence-corrected chi connectivity index (χ2v) is 5.63. The van der Waals surface area contributed by atoms with Gasteiger partial charge in [0.1, 0.15) is 0 Å². The lowest BCUT2D eigenvalue weighted by Crippen LogP contribution is -2.24. The topological polar surface area (TPSA) is 41.1 Å². The van der Waals surface area contributed by atoms with E-state index in [1.807, 2.05) is 44.2 Å². The smallest absolute Gasteiger partial charge is 0.255 e. The summed E-state index contributed by atoms with van der Waals surface area (Å²) in [6.45, 7) is 5.89. The summed E-state index contributed by atoms with van der Waals surface area (Å²) in [6, 6.07) is 12.0. The normalized spacial score (nSPS) is 13.6. The summed E-state index contributed by atoms with van der Waals surface area (Å²) in [5, 5.41) is 6.39. The van der Waals surface area contributed by atoms with Crippen LogP contribution in [-0.4, -0.2) is 12.5 Å². The van der Waals surface area contributed by atoms with Crippen LogP contribution in [0.4, 0.5) is 5.69 Å². The number of fused-ring (bicyclic) bond motifs is 1. The Bertz CT molecular complexity index is 671. The van der Waals surface area contributed by atoms with Gasteiger partial charge < -0.3 is 10.6 Å². The molecule has 21 heavy (non-hydrogen) atoms. The molecule has 0 aromatic heterocycles. The predicted molar refractivity (Wildman–Crippen MR) is 85.7 cm³/mol. The molecule has 0 unspecified atom stereocenters.